The number of hydrogen-bond acceptors (Lipinski definition) is 5. The van der Waals surface area contributed by atoms with Crippen molar-refractivity contribution in [1.29, 1.82) is 0 Å². The highest BCUT2D eigenvalue weighted by Gasteiger charge is 2.18. The Morgan fingerprint density at radius 2 is 0.789 bits per heavy atom. The summed E-state index contributed by atoms with van der Waals surface area (Å²) >= 11 is 0. The Kier molecular flexibility index (Phi) is 6.83. The van der Waals surface area contributed by atoms with Crippen LogP contribution in [0.3, 0.4) is 0 Å². The van der Waals surface area contributed by atoms with E-state index in [9.17, 15) is 0 Å². The SMILES string of the molecule is c1ccc(-c2cccc(-c3nc(-c4ccccc4)nc(-c4ccc5c(c4)oc4cc6oc7cc(-n8c9ccccc9c9ccccc98)ccc7c6cc45)n3)c2)cc1. The molecule has 6 nitrogen and oxygen atoms in total. The number of benzene rings is 8. The molecule has 0 spiro atoms. The van der Waals surface area contributed by atoms with Crippen LogP contribution in [0, 0.1) is 0 Å². The summed E-state index contributed by atoms with van der Waals surface area (Å²) in [7, 11) is 0. The molecule has 0 aliphatic carbocycles. The molecule has 12 aromatic rings. The molecule has 0 aliphatic heterocycles. The minimum atomic E-state index is 0.574. The van der Waals surface area contributed by atoms with Crippen molar-refractivity contribution >= 4 is 65.7 Å². The molecule has 0 atom stereocenters. The second-order valence-corrected chi connectivity index (χ2v) is 14.4. The Labute approximate surface area is 325 Å². The quantitative estimate of drug-likeness (QED) is 0.176. The van der Waals surface area contributed by atoms with E-state index in [0.717, 1.165) is 77.4 Å². The molecule has 12 rings (SSSR count). The maximum atomic E-state index is 6.56. The highest BCUT2D eigenvalue weighted by molar-refractivity contribution is 6.16. The van der Waals surface area contributed by atoms with E-state index in [0.29, 0.717) is 17.5 Å². The van der Waals surface area contributed by atoms with Crippen molar-refractivity contribution in [3.63, 3.8) is 0 Å². The second kappa shape index (κ2) is 12.3. The summed E-state index contributed by atoms with van der Waals surface area (Å²) < 4.78 is 15.4. The lowest BCUT2D eigenvalue weighted by atomic mass is 10.0. The molecule has 266 valence electrons. The van der Waals surface area contributed by atoms with Crippen molar-refractivity contribution in [1.82, 2.24) is 19.5 Å². The third kappa shape index (κ3) is 5.08. The van der Waals surface area contributed by atoms with E-state index in [-0.39, 0.29) is 0 Å². The van der Waals surface area contributed by atoms with E-state index in [1.165, 1.54) is 21.8 Å². The topological polar surface area (TPSA) is 69.9 Å². The fourth-order valence-corrected chi connectivity index (χ4v) is 8.33. The Bertz CT molecular complexity index is 3470. The van der Waals surface area contributed by atoms with Crippen LogP contribution in [-0.4, -0.2) is 19.5 Å². The molecule has 0 radical (unpaired) electrons. The number of furan rings is 2. The number of rotatable bonds is 5. The fourth-order valence-electron chi connectivity index (χ4n) is 8.33. The van der Waals surface area contributed by atoms with Gasteiger partial charge in [0.2, 0.25) is 0 Å². The van der Waals surface area contributed by atoms with Crippen LogP contribution < -0.4 is 0 Å². The molecule has 0 fully saturated rings. The molecular weight excluding hydrogens is 701 g/mol. The highest BCUT2D eigenvalue weighted by atomic mass is 16.3. The Morgan fingerprint density at radius 3 is 1.46 bits per heavy atom. The molecule has 6 heteroatoms. The van der Waals surface area contributed by atoms with Crippen molar-refractivity contribution < 1.29 is 8.83 Å². The molecule has 57 heavy (non-hydrogen) atoms. The molecule has 0 amide bonds. The molecule has 4 aromatic heterocycles. The maximum absolute atomic E-state index is 6.56. The monoisotopic (exact) mass is 730 g/mol. The van der Waals surface area contributed by atoms with Gasteiger partial charge in [0.15, 0.2) is 17.5 Å². The van der Waals surface area contributed by atoms with Crippen molar-refractivity contribution in [2.75, 3.05) is 0 Å². The van der Waals surface area contributed by atoms with E-state index in [4.69, 9.17) is 23.8 Å². The van der Waals surface area contributed by atoms with Crippen molar-refractivity contribution in [3.8, 4) is 51.0 Å². The summed E-state index contributed by atoms with van der Waals surface area (Å²) in [6.07, 6.45) is 0. The minimum absolute atomic E-state index is 0.574. The van der Waals surface area contributed by atoms with Crippen LogP contribution in [0.2, 0.25) is 0 Å². The summed E-state index contributed by atoms with van der Waals surface area (Å²) in [5.41, 5.74) is 11.4. The summed E-state index contributed by atoms with van der Waals surface area (Å²) in [6.45, 7) is 0. The standard InChI is InChI=1S/C51H30N4O2/c1-3-12-31(13-4-1)33-16-11-17-34(26-33)50-52-49(32-14-5-2-6-15-32)53-51(54-50)35-22-24-39-41-29-42-40-25-23-36(28-46(40)57-48(42)30-47(41)56-45(39)27-35)55-43-20-9-7-18-37(43)38-19-8-10-21-44(38)55/h1-30H. The van der Waals surface area contributed by atoms with E-state index in [1.54, 1.807) is 0 Å². The normalized spacial score (nSPS) is 11.9. The van der Waals surface area contributed by atoms with Crippen LogP contribution in [0.15, 0.2) is 191 Å². The fraction of sp³-hybridized carbons (Fsp3) is 0. The van der Waals surface area contributed by atoms with Gasteiger partial charge in [-0.3, -0.25) is 0 Å². The van der Waals surface area contributed by atoms with Crippen molar-refractivity contribution in [3.05, 3.63) is 182 Å². The zero-order chi connectivity index (χ0) is 37.5. The Balaban J connectivity index is 0.963. The van der Waals surface area contributed by atoms with Crippen LogP contribution in [0.1, 0.15) is 0 Å². The molecule has 8 aromatic carbocycles. The molecule has 4 heterocycles. The van der Waals surface area contributed by atoms with Crippen molar-refractivity contribution in [2.45, 2.75) is 0 Å². The zero-order valence-corrected chi connectivity index (χ0v) is 30.4. The van der Waals surface area contributed by atoms with E-state index >= 15 is 0 Å². The molecule has 0 aliphatic rings. The number of aromatic nitrogens is 4. The third-order valence-electron chi connectivity index (χ3n) is 11.0. The van der Waals surface area contributed by atoms with Crippen LogP contribution >= 0.6 is 0 Å². The van der Waals surface area contributed by atoms with Gasteiger partial charge >= 0.3 is 0 Å². The summed E-state index contributed by atoms with van der Waals surface area (Å²) in [5, 5.41) is 6.61. The van der Waals surface area contributed by atoms with Gasteiger partial charge in [-0.2, -0.15) is 0 Å². The summed E-state index contributed by atoms with van der Waals surface area (Å²) in [4.78, 5) is 15.0. The molecule has 0 bridgehead atoms. The van der Waals surface area contributed by atoms with Crippen LogP contribution in [0.25, 0.3) is 117 Å². The number of hydrogen-bond donors (Lipinski definition) is 0. The lowest BCUT2D eigenvalue weighted by Crippen LogP contribution is -2.00. The third-order valence-corrected chi connectivity index (χ3v) is 11.0. The van der Waals surface area contributed by atoms with Gasteiger partial charge in [-0.1, -0.05) is 121 Å². The first-order chi connectivity index (χ1) is 28.2. The minimum Gasteiger partial charge on any atom is -0.456 e. The molecule has 0 N–H and O–H groups in total. The average molecular weight is 731 g/mol. The first-order valence-corrected chi connectivity index (χ1v) is 19.0. The Morgan fingerprint density at radius 1 is 0.298 bits per heavy atom. The van der Waals surface area contributed by atoms with Crippen LogP contribution in [-0.2, 0) is 0 Å². The maximum Gasteiger partial charge on any atom is 0.164 e. The number of fused-ring (bicyclic) bond motifs is 9. The van der Waals surface area contributed by atoms with E-state index < -0.39 is 0 Å². The van der Waals surface area contributed by atoms with Gasteiger partial charge in [0, 0.05) is 66.8 Å². The molecule has 0 saturated heterocycles. The second-order valence-electron chi connectivity index (χ2n) is 14.4. The van der Waals surface area contributed by atoms with E-state index in [2.05, 4.69) is 114 Å². The largest absolute Gasteiger partial charge is 0.456 e. The number of para-hydroxylation sites is 2. The summed E-state index contributed by atoms with van der Waals surface area (Å²) in [6, 6.07) is 62.7. The average Bonchev–Trinajstić information content (AvgIpc) is 3.94. The van der Waals surface area contributed by atoms with E-state index in [1.807, 2.05) is 72.8 Å². The van der Waals surface area contributed by atoms with Gasteiger partial charge in [0.1, 0.15) is 22.3 Å². The van der Waals surface area contributed by atoms with Gasteiger partial charge in [0.25, 0.3) is 0 Å². The predicted octanol–water partition coefficient (Wildman–Crippen LogP) is 13.4. The predicted molar refractivity (Wildman–Crippen MR) is 230 cm³/mol. The summed E-state index contributed by atoms with van der Waals surface area (Å²) in [5.74, 6) is 1.79. The molecular formula is C51H30N4O2. The zero-order valence-electron chi connectivity index (χ0n) is 30.4. The van der Waals surface area contributed by atoms with Crippen molar-refractivity contribution in [2.24, 2.45) is 0 Å². The van der Waals surface area contributed by atoms with Gasteiger partial charge in [-0.15, -0.1) is 0 Å². The van der Waals surface area contributed by atoms with Crippen LogP contribution in [0.4, 0.5) is 0 Å². The lowest BCUT2D eigenvalue weighted by Gasteiger charge is -2.09. The van der Waals surface area contributed by atoms with Gasteiger partial charge in [0.05, 0.1) is 11.0 Å². The smallest absolute Gasteiger partial charge is 0.164 e. The van der Waals surface area contributed by atoms with Crippen LogP contribution in [0.5, 0.6) is 0 Å². The lowest BCUT2D eigenvalue weighted by molar-refractivity contribution is 0.656. The molecule has 0 saturated carbocycles. The highest BCUT2D eigenvalue weighted by Crippen LogP contribution is 2.40. The number of nitrogens with zero attached hydrogens (tertiary/aromatic N) is 4. The van der Waals surface area contributed by atoms with Gasteiger partial charge < -0.3 is 13.4 Å². The first-order valence-electron chi connectivity index (χ1n) is 19.0. The first kappa shape index (κ1) is 31.5. The Hall–Kier alpha value is -7.83. The van der Waals surface area contributed by atoms with Gasteiger partial charge in [-0.25, -0.2) is 15.0 Å². The van der Waals surface area contributed by atoms with Gasteiger partial charge in [-0.05, 0) is 59.7 Å². The molecule has 0 unspecified atom stereocenters.